The van der Waals surface area contributed by atoms with E-state index in [1.165, 1.54) is 17.5 Å². The van der Waals surface area contributed by atoms with Gasteiger partial charge in [-0.25, -0.2) is 13.7 Å². The van der Waals surface area contributed by atoms with Crippen molar-refractivity contribution in [3.8, 4) is 0 Å². The molecule has 2 aromatic rings. The zero-order valence-electron chi connectivity index (χ0n) is 16.7. The van der Waals surface area contributed by atoms with Crippen molar-refractivity contribution < 1.29 is 13.7 Å². The zero-order chi connectivity index (χ0) is 20.9. The predicted octanol–water partition coefficient (Wildman–Crippen LogP) is 4.58. The van der Waals surface area contributed by atoms with E-state index in [0.717, 1.165) is 11.3 Å². The smallest absolute Gasteiger partial charge is 0.148 e. The summed E-state index contributed by atoms with van der Waals surface area (Å²) in [6.07, 6.45) is 3.50. The molecule has 2 aromatic heterocycles. The standard InChI is InChI=1S/C20H26FN3O2S2/c1-11(2)18-15-8-14(6-12(3)19(15)23-9-16(18)21)24-28(22,26)17-7-13(10-27-17)20(4,5)25/h6-7,9-12,25H,8H2,1-5H3,(H2,22,24,26). The Hall–Kier alpha value is -1.61. The van der Waals surface area contributed by atoms with Crippen LogP contribution in [0.4, 0.5) is 4.39 Å². The minimum atomic E-state index is -3.17. The number of aromatic nitrogens is 1. The molecule has 2 heterocycles. The van der Waals surface area contributed by atoms with Gasteiger partial charge in [0.05, 0.1) is 23.2 Å². The van der Waals surface area contributed by atoms with Crippen molar-refractivity contribution in [1.82, 2.24) is 4.98 Å². The first kappa shape index (κ1) is 21.1. The molecule has 1 aliphatic carbocycles. The van der Waals surface area contributed by atoms with Gasteiger partial charge >= 0.3 is 0 Å². The summed E-state index contributed by atoms with van der Waals surface area (Å²) >= 11 is 1.22. The molecule has 2 atom stereocenters. The molecular weight excluding hydrogens is 397 g/mol. The monoisotopic (exact) mass is 423 g/mol. The largest absolute Gasteiger partial charge is 0.386 e. The summed E-state index contributed by atoms with van der Waals surface area (Å²) in [6.45, 7) is 9.15. The van der Waals surface area contributed by atoms with Crippen LogP contribution in [0.3, 0.4) is 0 Å². The highest BCUT2D eigenvalue weighted by Gasteiger charge is 2.26. The maximum Gasteiger partial charge on any atom is 0.148 e. The number of nitrogens with zero attached hydrogens (tertiary/aromatic N) is 2. The van der Waals surface area contributed by atoms with Crippen LogP contribution in [0.2, 0.25) is 0 Å². The number of pyridine rings is 1. The first-order chi connectivity index (χ1) is 12.9. The summed E-state index contributed by atoms with van der Waals surface area (Å²) in [4.78, 5) is 4.27. The van der Waals surface area contributed by atoms with Gasteiger partial charge in [0, 0.05) is 12.3 Å². The number of thiophene rings is 1. The van der Waals surface area contributed by atoms with Gasteiger partial charge in [0.25, 0.3) is 0 Å². The van der Waals surface area contributed by atoms with Crippen LogP contribution in [0.15, 0.2) is 38.0 Å². The van der Waals surface area contributed by atoms with Crippen LogP contribution in [0.5, 0.6) is 0 Å². The van der Waals surface area contributed by atoms with E-state index in [-0.39, 0.29) is 17.7 Å². The molecule has 0 saturated heterocycles. The van der Waals surface area contributed by atoms with Crippen molar-refractivity contribution in [2.75, 3.05) is 0 Å². The number of allylic oxidation sites excluding steroid dienone is 2. The van der Waals surface area contributed by atoms with Crippen molar-refractivity contribution in [3.05, 3.63) is 57.6 Å². The molecule has 0 aromatic carbocycles. The van der Waals surface area contributed by atoms with Crippen LogP contribution < -0.4 is 5.14 Å². The molecule has 0 amide bonds. The third-order valence-corrected chi connectivity index (χ3v) is 7.77. The zero-order valence-corrected chi connectivity index (χ0v) is 18.3. The molecule has 8 heteroatoms. The summed E-state index contributed by atoms with van der Waals surface area (Å²) in [5, 5.41) is 17.9. The van der Waals surface area contributed by atoms with Gasteiger partial charge in [-0.3, -0.25) is 4.98 Å². The summed E-state index contributed by atoms with van der Waals surface area (Å²) < 4.78 is 32.3. The van der Waals surface area contributed by atoms with Crippen LogP contribution in [-0.4, -0.2) is 14.3 Å². The second kappa shape index (κ2) is 7.33. The molecule has 152 valence electrons. The molecule has 0 fully saturated rings. The number of hydrogen-bond acceptors (Lipinski definition) is 5. The van der Waals surface area contributed by atoms with Crippen LogP contribution in [0.25, 0.3) is 0 Å². The Bertz CT molecular complexity index is 1060. The lowest BCUT2D eigenvalue weighted by Gasteiger charge is -2.24. The van der Waals surface area contributed by atoms with E-state index in [1.807, 2.05) is 26.8 Å². The molecule has 2 unspecified atom stereocenters. The molecule has 0 radical (unpaired) electrons. The summed E-state index contributed by atoms with van der Waals surface area (Å²) in [5.74, 6) is -0.410. The molecular formula is C20H26FN3O2S2. The van der Waals surface area contributed by atoms with Gasteiger partial charge in [-0.05, 0) is 47.9 Å². The second-order valence-electron chi connectivity index (χ2n) is 8.04. The Kier molecular flexibility index (Phi) is 5.53. The van der Waals surface area contributed by atoms with Crippen LogP contribution in [0, 0.1) is 5.82 Å². The van der Waals surface area contributed by atoms with Gasteiger partial charge in [-0.15, -0.1) is 11.3 Å². The Balaban J connectivity index is 2.03. The highest BCUT2D eigenvalue weighted by Crippen LogP contribution is 2.36. The summed E-state index contributed by atoms with van der Waals surface area (Å²) in [7, 11) is -3.17. The minimum absolute atomic E-state index is 0.00262. The molecule has 0 saturated carbocycles. The first-order valence-corrected chi connectivity index (χ1v) is 11.6. The Labute approximate surface area is 169 Å². The number of fused-ring (bicyclic) bond motifs is 1. The fourth-order valence-electron chi connectivity index (χ4n) is 3.44. The maximum atomic E-state index is 14.4. The van der Waals surface area contributed by atoms with E-state index < -0.39 is 15.5 Å². The third-order valence-electron chi connectivity index (χ3n) is 4.84. The third kappa shape index (κ3) is 4.05. The van der Waals surface area contributed by atoms with Crippen molar-refractivity contribution in [2.24, 2.45) is 9.50 Å². The molecule has 5 nitrogen and oxygen atoms in total. The fraction of sp³-hybridized carbons (Fsp3) is 0.450. The van der Waals surface area contributed by atoms with E-state index in [2.05, 4.69) is 9.35 Å². The molecule has 1 aliphatic rings. The molecule has 0 aliphatic heterocycles. The average molecular weight is 424 g/mol. The van der Waals surface area contributed by atoms with E-state index in [0.29, 0.717) is 27.5 Å². The lowest BCUT2D eigenvalue weighted by molar-refractivity contribution is 0.0789. The van der Waals surface area contributed by atoms with Crippen molar-refractivity contribution in [3.63, 3.8) is 0 Å². The highest BCUT2D eigenvalue weighted by atomic mass is 32.2. The maximum absolute atomic E-state index is 14.4. The van der Waals surface area contributed by atoms with Gasteiger partial charge in [-0.2, -0.15) is 4.36 Å². The van der Waals surface area contributed by atoms with Gasteiger partial charge < -0.3 is 5.11 Å². The Morgan fingerprint density at radius 3 is 2.71 bits per heavy atom. The van der Waals surface area contributed by atoms with Crippen LogP contribution >= 0.6 is 11.3 Å². The van der Waals surface area contributed by atoms with Crippen LogP contribution in [0.1, 0.15) is 68.8 Å². The topological polar surface area (TPSA) is 88.6 Å². The van der Waals surface area contributed by atoms with Gasteiger partial charge in [0.15, 0.2) is 0 Å². The van der Waals surface area contributed by atoms with Crippen LogP contribution in [-0.2, 0) is 21.9 Å². The lowest BCUT2D eigenvalue weighted by Crippen LogP contribution is -2.17. The molecule has 0 spiro atoms. The minimum Gasteiger partial charge on any atom is -0.386 e. The quantitative estimate of drug-likeness (QED) is 0.754. The normalized spacial score (nSPS) is 19.2. The molecule has 28 heavy (non-hydrogen) atoms. The highest BCUT2D eigenvalue weighted by molar-refractivity contribution is 7.93. The van der Waals surface area contributed by atoms with Crippen molar-refractivity contribution >= 4 is 21.3 Å². The fourth-order valence-corrected chi connectivity index (χ4v) is 5.90. The summed E-state index contributed by atoms with van der Waals surface area (Å²) in [6, 6.07) is 1.64. The van der Waals surface area contributed by atoms with Gasteiger partial charge in [-0.1, -0.05) is 26.8 Å². The van der Waals surface area contributed by atoms with Crippen molar-refractivity contribution in [1.29, 1.82) is 0 Å². The van der Waals surface area contributed by atoms with Gasteiger partial charge in [0.2, 0.25) is 0 Å². The summed E-state index contributed by atoms with van der Waals surface area (Å²) in [5.41, 5.74) is 2.43. The SMILES string of the molecule is CC(C)c1c(F)cnc2c1CC(N=S(N)(=O)c1cc(C(C)(C)O)cs1)=CC2C. The van der Waals surface area contributed by atoms with E-state index in [1.54, 1.807) is 25.3 Å². The number of aliphatic hydroxyl groups is 1. The number of rotatable bonds is 4. The molecule has 3 rings (SSSR count). The number of nitrogens with two attached hydrogens (primary N) is 1. The van der Waals surface area contributed by atoms with Gasteiger partial charge in [0.1, 0.15) is 19.9 Å². The second-order valence-corrected chi connectivity index (χ2v) is 11.0. The Morgan fingerprint density at radius 1 is 1.46 bits per heavy atom. The number of hydrogen-bond donors (Lipinski definition) is 2. The average Bonchev–Trinajstić information content (AvgIpc) is 3.04. The first-order valence-electron chi connectivity index (χ1n) is 9.14. The van der Waals surface area contributed by atoms with E-state index in [9.17, 15) is 13.7 Å². The molecule has 3 N–H and O–H groups in total. The van der Waals surface area contributed by atoms with E-state index >= 15 is 0 Å². The van der Waals surface area contributed by atoms with Crippen molar-refractivity contribution in [2.45, 2.75) is 62.7 Å². The van der Waals surface area contributed by atoms with E-state index in [4.69, 9.17) is 5.14 Å². The molecule has 0 bridgehead atoms. The Morgan fingerprint density at radius 2 is 2.14 bits per heavy atom. The lowest BCUT2D eigenvalue weighted by atomic mass is 9.85. The predicted molar refractivity (Wildman–Crippen MR) is 111 cm³/mol. The number of halogens is 1.